The summed E-state index contributed by atoms with van der Waals surface area (Å²) in [6.07, 6.45) is 3.84. The highest BCUT2D eigenvalue weighted by Crippen LogP contribution is 2.39. The molecular weight excluding hydrogens is 289 g/mol. The van der Waals surface area contributed by atoms with E-state index >= 15 is 0 Å². The van der Waals surface area contributed by atoms with Gasteiger partial charge >= 0.3 is 0 Å². The first kappa shape index (κ1) is 14.7. The molecule has 23 heavy (non-hydrogen) atoms. The van der Waals surface area contributed by atoms with Crippen molar-refractivity contribution in [3.05, 3.63) is 66.0 Å². The zero-order valence-electron chi connectivity index (χ0n) is 13.2. The lowest BCUT2D eigenvalue weighted by Gasteiger charge is -2.38. The first-order chi connectivity index (χ1) is 11.3. The van der Waals surface area contributed by atoms with Gasteiger partial charge in [-0.15, -0.1) is 0 Å². The van der Waals surface area contributed by atoms with Gasteiger partial charge in [-0.1, -0.05) is 36.4 Å². The largest absolute Gasteiger partial charge is 0.489 e. The summed E-state index contributed by atoms with van der Waals surface area (Å²) in [5.74, 6) is 1.03. The molecular formula is C20H22FNO. The summed E-state index contributed by atoms with van der Waals surface area (Å²) in [6, 6.07) is 17.8. The zero-order chi connectivity index (χ0) is 15.6. The maximum atomic E-state index is 13.4. The molecule has 2 aromatic carbocycles. The summed E-state index contributed by atoms with van der Waals surface area (Å²) in [4.78, 5) is 2.54. The van der Waals surface area contributed by atoms with Gasteiger partial charge in [0.25, 0.3) is 0 Å². The van der Waals surface area contributed by atoms with Gasteiger partial charge in [-0.2, -0.15) is 0 Å². The monoisotopic (exact) mass is 311 g/mol. The van der Waals surface area contributed by atoms with Crippen LogP contribution in [0.3, 0.4) is 0 Å². The quantitative estimate of drug-likeness (QED) is 0.836. The van der Waals surface area contributed by atoms with Crippen molar-refractivity contribution in [3.63, 3.8) is 0 Å². The van der Waals surface area contributed by atoms with Crippen molar-refractivity contribution in [1.82, 2.24) is 4.90 Å². The molecule has 1 aliphatic heterocycles. The van der Waals surface area contributed by atoms with E-state index in [2.05, 4.69) is 35.2 Å². The fourth-order valence-electron chi connectivity index (χ4n) is 4.05. The molecule has 1 heterocycles. The number of halogens is 1. The van der Waals surface area contributed by atoms with Crippen LogP contribution in [-0.4, -0.2) is 23.6 Å². The van der Waals surface area contributed by atoms with E-state index in [-0.39, 0.29) is 11.9 Å². The SMILES string of the molecule is Fc1cccc(O[C@H]2CN(Cc3ccccc3)[C@@H]3CC[C@H]2C3)c1. The van der Waals surface area contributed by atoms with E-state index in [9.17, 15) is 4.39 Å². The van der Waals surface area contributed by atoms with E-state index in [4.69, 9.17) is 4.74 Å². The highest BCUT2D eigenvalue weighted by atomic mass is 19.1. The topological polar surface area (TPSA) is 12.5 Å². The third kappa shape index (κ3) is 3.25. The molecule has 0 N–H and O–H groups in total. The molecule has 4 rings (SSSR count). The highest BCUT2D eigenvalue weighted by Gasteiger charge is 2.41. The summed E-state index contributed by atoms with van der Waals surface area (Å²) in [6.45, 7) is 1.90. The number of fused-ring (bicyclic) bond motifs is 2. The minimum absolute atomic E-state index is 0.166. The van der Waals surface area contributed by atoms with Crippen LogP contribution < -0.4 is 4.74 Å². The fraction of sp³-hybridized carbons (Fsp3) is 0.400. The molecule has 2 fully saturated rings. The summed E-state index contributed by atoms with van der Waals surface area (Å²) in [5.41, 5.74) is 1.35. The molecule has 0 amide bonds. The second-order valence-corrected chi connectivity index (χ2v) is 6.76. The Balaban J connectivity index is 1.48. The number of hydrogen-bond acceptors (Lipinski definition) is 2. The average Bonchev–Trinajstić information content (AvgIpc) is 2.99. The predicted octanol–water partition coefficient (Wildman–Crippen LogP) is 4.26. The van der Waals surface area contributed by atoms with Crippen LogP contribution >= 0.6 is 0 Å². The van der Waals surface area contributed by atoms with Crippen molar-refractivity contribution < 1.29 is 9.13 Å². The van der Waals surface area contributed by atoms with E-state index < -0.39 is 0 Å². The molecule has 0 aromatic heterocycles. The Hall–Kier alpha value is -1.87. The van der Waals surface area contributed by atoms with Crippen LogP contribution in [0.25, 0.3) is 0 Å². The van der Waals surface area contributed by atoms with Gasteiger partial charge in [0.05, 0.1) is 0 Å². The van der Waals surface area contributed by atoms with Crippen LogP contribution in [0, 0.1) is 11.7 Å². The maximum Gasteiger partial charge on any atom is 0.126 e. The Morgan fingerprint density at radius 2 is 1.91 bits per heavy atom. The van der Waals surface area contributed by atoms with Crippen LogP contribution in [0.5, 0.6) is 5.75 Å². The third-order valence-corrected chi connectivity index (χ3v) is 5.21. The standard InChI is InChI=1S/C20H22FNO/c21-17-7-4-8-19(12-17)23-20-14-22(18-10-9-16(20)11-18)13-15-5-2-1-3-6-15/h1-8,12,16,18,20H,9-11,13-14H2/t16-,18+,20-/m0/s1. The molecule has 2 aromatic rings. The van der Waals surface area contributed by atoms with Crippen molar-refractivity contribution in [3.8, 4) is 5.75 Å². The van der Waals surface area contributed by atoms with Crippen LogP contribution in [-0.2, 0) is 6.54 Å². The van der Waals surface area contributed by atoms with Gasteiger partial charge < -0.3 is 4.74 Å². The van der Waals surface area contributed by atoms with E-state index in [1.165, 1.54) is 37.0 Å². The van der Waals surface area contributed by atoms with Crippen molar-refractivity contribution in [1.29, 1.82) is 0 Å². The molecule has 2 nitrogen and oxygen atoms in total. The second-order valence-electron chi connectivity index (χ2n) is 6.76. The molecule has 120 valence electrons. The molecule has 1 aliphatic carbocycles. The Morgan fingerprint density at radius 1 is 1.04 bits per heavy atom. The maximum absolute atomic E-state index is 13.4. The summed E-state index contributed by atoms with van der Waals surface area (Å²) >= 11 is 0. The first-order valence-corrected chi connectivity index (χ1v) is 8.48. The summed E-state index contributed by atoms with van der Waals surface area (Å²) < 4.78 is 19.5. The summed E-state index contributed by atoms with van der Waals surface area (Å²) in [7, 11) is 0. The smallest absolute Gasteiger partial charge is 0.126 e. The van der Waals surface area contributed by atoms with Crippen LogP contribution in [0.15, 0.2) is 54.6 Å². The lowest BCUT2D eigenvalue weighted by Crippen LogP contribution is -2.47. The van der Waals surface area contributed by atoms with Gasteiger partial charge in [0.2, 0.25) is 0 Å². The molecule has 3 atom stereocenters. The Bertz CT molecular complexity index is 660. The molecule has 0 radical (unpaired) electrons. The minimum Gasteiger partial charge on any atom is -0.489 e. The number of benzene rings is 2. The molecule has 2 aliphatic rings. The van der Waals surface area contributed by atoms with E-state index in [0.29, 0.717) is 17.7 Å². The molecule has 2 bridgehead atoms. The lowest BCUT2D eigenvalue weighted by molar-refractivity contribution is 0.0338. The Labute approximate surface area is 136 Å². The number of ether oxygens (including phenoxy) is 1. The third-order valence-electron chi connectivity index (χ3n) is 5.21. The second kappa shape index (κ2) is 6.32. The Kier molecular flexibility index (Phi) is 4.04. The van der Waals surface area contributed by atoms with Crippen LogP contribution in [0.2, 0.25) is 0 Å². The molecule has 0 unspecified atom stereocenters. The van der Waals surface area contributed by atoms with Gasteiger partial charge in [0.1, 0.15) is 17.7 Å². The molecule has 1 saturated carbocycles. The summed E-state index contributed by atoms with van der Waals surface area (Å²) in [5, 5.41) is 0. The molecule has 3 heteroatoms. The Morgan fingerprint density at radius 3 is 2.74 bits per heavy atom. The van der Waals surface area contributed by atoms with E-state index in [1.54, 1.807) is 6.07 Å². The van der Waals surface area contributed by atoms with Crippen LogP contribution in [0.1, 0.15) is 24.8 Å². The first-order valence-electron chi connectivity index (χ1n) is 8.48. The lowest BCUT2D eigenvalue weighted by atomic mass is 9.95. The number of rotatable bonds is 4. The van der Waals surface area contributed by atoms with Crippen molar-refractivity contribution in [2.75, 3.05) is 6.54 Å². The zero-order valence-corrected chi connectivity index (χ0v) is 13.2. The van der Waals surface area contributed by atoms with Gasteiger partial charge in [-0.3, -0.25) is 4.90 Å². The van der Waals surface area contributed by atoms with Gasteiger partial charge in [0.15, 0.2) is 0 Å². The van der Waals surface area contributed by atoms with Crippen molar-refractivity contribution >= 4 is 0 Å². The average molecular weight is 311 g/mol. The van der Waals surface area contributed by atoms with Crippen molar-refractivity contribution in [2.24, 2.45) is 5.92 Å². The number of hydrogen-bond donors (Lipinski definition) is 0. The predicted molar refractivity (Wildman–Crippen MR) is 88.8 cm³/mol. The van der Waals surface area contributed by atoms with E-state index in [1.807, 2.05) is 6.07 Å². The fourth-order valence-corrected chi connectivity index (χ4v) is 4.05. The molecule has 1 saturated heterocycles. The van der Waals surface area contributed by atoms with E-state index in [0.717, 1.165) is 13.1 Å². The van der Waals surface area contributed by atoms with Crippen LogP contribution in [0.4, 0.5) is 4.39 Å². The molecule has 0 spiro atoms. The number of nitrogens with zero attached hydrogens (tertiary/aromatic N) is 1. The highest BCUT2D eigenvalue weighted by molar-refractivity contribution is 5.23. The normalized spacial score (nSPS) is 27.1. The van der Waals surface area contributed by atoms with Crippen molar-refractivity contribution in [2.45, 2.75) is 38.0 Å². The van der Waals surface area contributed by atoms with Gasteiger partial charge in [-0.05, 0) is 42.9 Å². The minimum atomic E-state index is -0.233. The van der Waals surface area contributed by atoms with Gasteiger partial charge in [-0.25, -0.2) is 4.39 Å². The number of piperidine rings is 1. The van der Waals surface area contributed by atoms with Gasteiger partial charge in [0, 0.05) is 25.2 Å². The number of likely N-dealkylation sites (tertiary alicyclic amines) is 1.